The molecular weight excluding hydrogens is 278 g/mol. The van der Waals surface area contributed by atoms with E-state index in [4.69, 9.17) is 0 Å². The van der Waals surface area contributed by atoms with Crippen molar-refractivity contribution < 1.29 is 14.3 Å². The maximum absolute atomic E-state index is 12.0. The first-order valence-corrected chi connectivity index (χ1v) is 7.46. The molecule has 0 saturated carbocycles. The SMILES string of the molecule is COC(=O)C(C)CN(C)C(=O)/C=C/c1ccc(C(C)C)cc1. The molecule has 1 aromatic carbocycles. The second-order valence-electron chi connectivity index (χ2n) is 5.80. The van der Waals surface area contributed by atoms with Crippen LogP contribution < -0.4 is 0 Å². The summed E-state index contributed by atoms with van der Waals surface area (Å²) in [6.45, 7) is 6.36. The average molecular weight is 303 g/mol. The highest BCUT2D eigenvalue weighted by Gasteiger charge is 2.17. The van der Waals surface area contributed by atoms with Crippen LogP contribution in [0.5, 0.6) is 0 Å². The molecule has 0 N–H and O–H groups in total. The van der Waals surface area contributed by atoms with E-state index in [1.165, 1.54) is 23.6 Å². The molecule has 1 atom stereocenters. The Kier molecular flexibility index (Phi) is 6.83. The minimum absolute atomic E-state index is 0.135. The molecule has 1 unspecified atom stereocenters. The Bertz CT molecular complexity index is 532. The zero-order valence-electron chi connectivity index (χ0n) is 14.0. The third kappa shape index (κ3) is 5.35. The first-order chi connectivity index (χ1) is 10.3. The number of likely N-dealkylation sites (N-methyl/N-ethyl adjacent to an activating group) is 1. The maximum Gasteiger partial charge on any atom is 0.310 e. The summed E-state index contributed by atoms with van der Waals surface area (Å²) in [5.74, 6) is -0.292. The Hall–Kier alpha value is -2.10. The van der Waals surface area contributed by atoms with Gasteiger partial charge in [0.05, 0.1) is 13.0 Å². The predicted octanol–water partition coefficient (Wildman–Crippen LogP) is 3.09. The third-order valence-corrected chi connectivity index (χ3v) is 3.55. The summed E-state index contributed by atoms with van der Waals surface area (Å²) in [5.41, 5.74) is 2.25. The zero-order valence-corrected chi connectivity index (χ0v) is 14.0. The van der Waals surface area contributed by atoms with Gasteiger partial charge in [0.15, 0.2) is 0 Å². The fraction of sp³-hybridized carbons (Fsp3) is 0.444. The van der Waals surface area contributed by atoms with Crippen LogP contribution in [0.15, 0.2) is 30.3 Å². The Morgan fingerprint density at radius 1 is 1.18 bits per heavy atom. The summed E-state index contributed by atoms with van der Waals surface area (Å²) < 4.78 is 4.66. The fourth-order valence-corrected chi connectivity index (χ4v) is 2.06. The second-order valence-corrected chi connectivity index (χ2v) is 5.80. The molecule has 4 heteroatoms. The predicted molar refractivity (Wildman–Crippen MR) is 88.4 cm³/mol. The number of hydrogen-bond acceptors (Lipinski definition) is 3. The van der Waals surface area contributed by atoms with Gasteiger partial charge >= 0.3 is 5.97 Å². The van der Waals surface area contributed by atoms with E-state index in [9.17, 15) is 9.59 Å². The van der Waals surface area contributed by atoms with Gasteiger partial charge in [0.25, 0.3) is 0 Å². The van der Waals surface area contributed by atoms with E-state index in [2.05, 4.69) is 30.7 Å². The maximum atomic E-state index is 12.0. The van der Waals surface area contributed by atoms with E-state index in [-0.39, 0.29) is 17.8 Å². The molecule has 0 saturated heterocycles. The number of ether oxygens (including phenoxy) is 1. The van der Waals surface area contributed by atoms with Gasteiger partial charge in [0.1, 0.15) is 0 Å². The van der Waals surface area contributed by atoms with Crippen LogP contribution in [0.3, 0.4) is 0 Å². The van der Waals surface area contributed by atoms with E-state index >= 15 is 0 Å². The highest BCUT2D eigenvalue weighted by Crippen LogP contribution is 2.15. The molecule has 120 valence electrons. The van der Waals surface area contributed by atoms with Crippen LogP contribution in [0.4, 0.5) is 0 Å². The molecule has 22 heavy (non-hydrogen) atoms. The van der Waals surface area contributed by atoms with Crippen molar-refractivity contribution in [3.05, 3.63) is 41.5 Å². The van der Waals surface area contributed by atoms with Gasteiger partial charge < -0.3 is 9.64 Å². The standard InChI is InChI=1S/C18H25NO3/c1-13(2)16-9-6-15(7-10-16)8-11-17(20)19(4)12-14(3)18(21)22-5/h6-11,13-14H,12H2,1-5H3/b11-8+. The number of esters is 1. The minimum atomic E-state index is -0.335. The number of hydrogen-bond donors (Lipinski definition) is 0. The van der Waals surface area contributed by atoms with Crippen LogP contribution in [0.2, 0.25) is 0 Å². The Morgan fingerprint density at radius 3 is 2.27 bits per heavy atom. The Labute approximate surface area is 132 Å². The molecule has 1 rings (SSSR count). The summed E-state index contributed by atoms with van der Waals surface area (Å²) in [4.78, 5) is 24.9. The smallest absolute Gasteiger partial charge is 0.310 e. The first kappa shape index (κ1) is 18.0. The van der Waals surface area contributed by atoms with Gasteiger partial charge in [-0.3, -0.25) is 9.59 Å². The monoisotopic (exact) mass is 303 g/mol. The van der Waals surface area contributed by atoms with Crippen LogP contribution in [-0.2, 0) is 14.3 Å². The molecular formula is C18H25NO3. The third-order valence-electron chi connectivity index (χ3n) is 3.55. The van der Waals surface area contributed by atoms with E-state index in [1.54, 1.807) is 20.0 Å². The van der Waals surface area contributed by atoms with Crippen molar-refractivity contribution >= 4 is 18.0 Å². The molecule has 1 amide bonds. The molecule has 0 fully saturated rings. The molecule has 0 bridgehead atoms. The molecule has 0 aliphatic carbocycles. The number of rotatable bonds is 6. The van der Waals surface area contributed by atoms with Gasteiger partial charge in [-0.2, -0.15) is 0 Å². The lowest BCUT2D eigenvalue weighted by atomic mass is 10.0. The highest BCUT2D eigenvalue weighted by atomic mass is 16.5. The average Bonchev–Trinajstić information content (AvgIpc) is 2.51. The number of benzene rings is 1. The molecule has 0 spiro atoms. The Morgan fingerprint density at radius 2 is 1.77 bits per heavy atom. The first-order valence-electron chi connectivity index (χ1n) is 7.46. The second kappa shape index (κ2) is 8.37. The van der Waals surface area contributed by atoms with Crippen LogP contribution in [-0.4, -0.2) is 37.5 Å². The van der Waals surface area contributed by atoms with Crippen LogP contribution in [0.25, 0.3) is 6.08 Å². The molecule has 4 nitrogen and oxygen atoms in total. The van der Waals surface area contributed by atoms with Crippen LogP contribution in [0.1, 0.15) is 37.8 Å². The molecule has 0 radical (unpaired) electrons. The van der Waals surface area contributed by atoms with Crippen LogP contribution in [0, 0.1) is 5.92 Å². The van der Waals surface area contributed by atoms with E-state index < -0.39 is 0 Å². The van der Waals surface area contributed by atoms with Crippen molar-refractivity contribution in [2.75, 3.05) is 20.7 Å². The number of amides is 1. The summed E-state index contributed by atoms with van der Waals surface area (Å²) in [5, 5.41) is 0. The fourth-order valence-electron chi connectivity index (χ4n) is 2.06. The Balaban J connectivity index is 2.61. The van der Waals surface area contributed by atoms with E-state index in [1.807, 2.05) is 12.1 Å². The number of carbonyl (C=O) groups is 2. The van der Waals surface area contributed by atoms with Gasteiger partial charge in [0.2, 0.25) is 5.91 Å². The van der Waals surface area contributed by atoms with Crippen molar-refractivity contribution in [3.63, 3.8) is 0 Å². The molecule has 0 aromatic heterocycles. The lowest BCUT2D eigenvalue weighted by Crippen LogP contribution is -2.33. The van der Waals surface area contributed by atoms with Crippen molar-refractivity contribution in [2.24, 2.45) is 5.92 Å². The van der Waals surface area contributed by atoms with E-state index in [0.29, 0.717) is 12.5 Å². The molecule has 0 heterocycles. The lowest BCUT2D eigenvalue weighted by molar-refractivity contribution is -0.145. The summed E-state index contributed by atoms with van der Waals surface area (Å²) in [6.07, 6.45) is 3.31. The molecule has 0 aliphatic rings. The van der Waals surface area contributed by atoms with Gasteiger partial charge in [-0.25, -0.2) is 0 Å². The van der Waals surface area contributed by atoms with Gasteiger partial charge in [-0.15, -0.1) is 0 Å². The van der Waals surface area contributed by atoms with Crippen molar-refractivity contribution in [1.82, 2.24) is 4.90 Å². The highest BCUT2D eigenvalue weighted by molar-refractivity contribution is 5.91. The summed E-state index contributed by atoms with van der Waals surface area (Å²) in [7, 11) is 3.02. The quantitative estimate of drug-likeness (QED) is 0.599. The minimum Gasteiger partial charge on any atom is -0.469 e. The number of carbonyl (C=O) groups excluding carboxylic acids is 2. The summed E-state index contributed by atoms with van der Waals surface area (Å²) >= 11 is 0. The number of methoxy groups -OCH3 is 1. The van der Waals surface area contributed by atoms with E-state index in [0.717, 1.165) is 5.56 Å². The summed E-state index contributed by atoms with van der Waals surface area (Å²) in [6, 6.07) is 8.13. The van der Waals surface area contributed by atoms with Gasteiger partial charge in [-0.1, -0.05) is 45.0 Å². The largest absolute Gasteiger partial charge is 0.469 e. The topological polar surface area (TPSA) is 46.6 Å². The molecule has 0 aliphatic heterocycles. The zero-order chi connectivity index (χ0) is 16.7. The molecule has 1 aromatic rings. The normalized spacial score (nSPS) is 12.5. The van der Waals surface area contributed by atoms with Crippen molar-refractivity contribution in [2.45, 2.75) is 26.7 Å². The lowest BCUT2D eigenvalue weighted by Gasteiger charge is -2.18. The van der Waals surface area contributed by atoms with Crippen LogP contribution >= 0.6 is 0 Å². The van der Waals surface area contributed by atoms with Crippen molar-refractivity contribution in [1.29, 1.82) is 0 Å². The van der Waals surface area contributed by atoms with Gasteiger partial charge in [0, 0.05) is 19.7 Å². The van der Waals surface area contributed by atoms with Gasteiger partial charge in [-0.05, 0) is 23.1 Å². The van der Waals surface area contributed by atoms with Crippen molar-refractivity contribution in [3.8, 4) is 0 Å². The number of nitrogens with zero attached hydrogens (tertiary/aromatic N) is 1.